The number of aromatic nitrogens is 2. The molecular formula is C25H20ClF2N3O3. The van der Waals surface area contributed by atoms with E-state index in [1.165, 1.54) is 24.5 Å². The van der Waals surface area contributed by atoms with E-state index in [1.54, 1.807) is 37.5 Å². The normalized spacial score (nSPS) is 13.4. The molecule has 0 saturated heterocycles. The maximum absolute atomic E-state index is 14.5. The topological polar surface area (TPSA) is 73.7 Å². The minimum atomic E-state index is -0.828. The van der Waals surface area contributed by atoms with Gasteiger partial charge in [0.25, 0.3) is 5.91 Å². The van der Waals surface area contributed by atoms with Gasteiger partial charge in [0.05, 0.1) is 6.61 Å². The maximum Gasteiger partial charge on any atom is 0.275 e. The number of aryl methyl sites for hydroxylation is 1. The zero-order valence-corrected chi connectivity index (χ0v) is 19.0. The summed E-state index contributed by atoms with van der Waals surface area (Å²) >= 11 is 5.97. The lowest BCUT2D eigenvalue weighted by Gasteiger charge is -2.14. The Morgan fingerprint density at radius 3 is 2.47 bits per heavy atom. The predicted octanol–water partition coefficient (Wildman–Crippen LogP) is 5.57. The van der Waals surface area contributed by atoms with Gasteiger partial charge in [-0.1, -0.05) is 17.7 Å². The standard InChI is InChI=1S/C25H20ClF2N3O3/c1-15-8-19(3-4-20(15)26)34-24-21(27)10-16(11-22(24)28)6-7-33-23-5-2-18(25(32)31-23)9-17-12-29-14-30-13-17/h2-4,8,10-14H,5-7,9H2,1H3. The van der Waals surface area contributed by atoms with Gasteiger partial charge >= 0.3 is 0 Å². The molecule has 0 spiro atoms. The van der Waals surface area contributed by atoms with Crippen LogP contribution in [0.25, 0.3) is 0 Å². The van der Waals surface area contributed by atoms with Gasteiger partial charge < -0.3 is 9.47 Å². The molecule has 1 aliphatic rings. The molecule has 2 aromatic carbocycles. The summed E-state index contributed by atoms with van der Waals surface area (Å²) in [6.45, 7) is 1.88. The van der Waals surface area contributed by atoms with Crippen molar-refractivity contribution in [2.75, 3.05) is 6.61 Å². The lowest BCUT2D eigenvalue weighted by molar-refractivity contribution is -0.114. The second kappa shape index (κ2) is 10.5. The lowest BCUT2D eigenvalue weighted by atomic mass is 10.0. The first kappa shape index (κ1) is 23.5. The van der Waals surface area contributed by atoms with Crippen LogP contribution < -0.4 is 4.74 Å². The first-order valence-electron chi connectivity index (χ1n) is 10.5. The molecule has 0 fully saturated rings. The molecule has 1 aliphatic heterocycles. The number of hydrogen-bond acceptors (Lipinski definition) is 5. The van der Waals surface area contributed by atoms with Crippen molar-refractivity contribution in [3.63, 3.8) is 0 Å². The first-order chi connectivity index (χ1) is 16.4. The number of hydrogen-bond donors (Lipinski definition) is 0. The fourth-order valence-electron chi connectivity index (χ4n) is 3.35. The van der Waals surface area contributed by atoms with Crippen LogP contribution in [0.3, 0.4) is 0 Å². The summed E-state index contributed by atoms with van der Waals surface area (Å²) in [6.07, 6.45) is 7.41. The van der Waals surface area contributed by atoms with E-state index in [-0.39, 0.29) is 30.6 Å². The molecule has 34 heavy (non-hydrogen) atoms. The van der Waals surface area contributed by atoms with Crippen LogP contribution in [0.2, 0.25) is 5.02 Å². The summed E-state index contributed by atoms with van der Waals surface area (Å²) in [5, 5.41) is 0.533. The monoisotopic (exact) mass is 483 g/mol. The molecule has 3 aromatic rings. The van der Waals surface area contributed by atoms with Crippen LogP contribution in [0.5, 0.6) is 11.5 Å². The Morgan fingerprint density at radius 2 is 1.79 bits per heavy atom. The average Bonchev–Trinajstić information content (AvgIpc) is 2.81. The summed E-state index contributed by atoms with van der Waals surface area (Å²) in [7, 11) is 0. The van der Waals surface area contributed by atoms with Crippen molar-refractivity contribution in [1.82, 2.24) is 9.97 Å². The number of rotatable bonds is 7. The number of amides is 1. The van der Waals surface area contributed by atoms with Gasteiger partial charge in [0.15, 0.2) is 23.3 Å². The number of dihydropyridines is 1. The van der Waals surface area contributed by atoms with Gasteiger partial charge in [-0.25, -0.2) is 18.7 Å². The molecule has 1 amide bonds. The van der Waals surface area contributed by atoms with Gasteiger partial charge in [-0.2, -0.15) is 4.99 Å². The first-order valence-corrected chi connectivity index (χ1v) is 10.9. The number of benzene rings is 2. The van der Waals surface area contributed by atoms with E-state index in [0.29, 0.717) is 29.0 Å². The zero-order valence-electron chi connectivity index (χ0n) is 18.2. The van der Waals surface area contributed by atoms with Gasteiger partial charge in [-0.15, -0.1) is 0 Å². The van der Waals surface area contributed by atoms with Crippen LogP contribution in [0.4, 0.5) is 8.78 Å². The van der Waals surface area contributed by atoms with Crippen LogP contribution in [-0.4, -0.2) is 28.4 Å². The molecule has 0 aliphatic carbocycles. The van der Waals surface area contributed by atoms with Crippen LogP contribution in [0.1, 0.15) is 23.1 Å². The van der Waals surface area contributed by atoms with Crippen molar-refractivity contribution in [3.8, 4) is 11.5 Å². The van der Waals surface area contributed by atoms with Gasteiger partial charge in [0, 0.05) is 42.3 Å². The molecule has 174 valence electrons. The number of nitrogens with zero attached hydrogens (tertiary/aromatic N) is 3. The fourth-order valence-corrected chi connectivity index (χ4v) is 3.47. The Morgan fingerprint density at radius 1 is 1.06 bits per heavy atom. The van der Waals surface area contributed by atoms with Gasteiger partial charge in [0.2, 0.25) is 0 Å². The summed E-state index contributed by atoms with van der Waals surface area (Å²) in [5.74, 6) is -1.99. The second-order valence-electron chi connectivity index (χ2n) is 7.67. The predicted molar refractivity (Wildman–Crippen MR) is 123 cm³/mol. The number of carbonyl (C=O) groups is 1. The molecule has 9 heteroatoms. The molecule has 0 atom stereocenters. The number of halogens is 3. The summed E-state index contributed by atoms with van der Waals surface area (Å²) in [5.41, 5.74) is 2.47. The Balaban J connectivity index is 1.32. The van der Waals surface area contributed by atoms with Crippen molar-refractivity contribution in [2.24, 2.45) is 4.99 Å². The van der Waals surface area contributed by atoms with Gasteiger partial charge in [-0.3, -0.25) is 4.79 Å². The lowest BCUT2D eigenvalue weighted by Crippen LogP contribution is -2.16. The van der Waals surface area contributed by atoms with E-state index in [4.69, 9.17) is 21.1 Å². The van der Waals surface area contributed by atoms with Crippen molar-refractivity contribution in [2.45, 2.75) is 26.2 Å². The number of carbonyl (C=O) groups excluding carboxylic acids is 1. The number of aliphatic imine (C=N–C) groups is 1. The van der Waals surface area contributed by atoms with Crippen molar-refractivity contribution >= 4 is 23.4 Å². The van der Waals surface area contributed by atoms with E-state index < -0.39 is 17.4 Å². The zero-order chi connectivity index (χ0) is 24.1. The molecule has 0 unspecified atom stereocenters. The third kappa shape index (κ3) is 5.82. The van der Waals surface area contributed by atoms with E-state index in [2.05, 4.69) is 15.0 Å². The van der Waals surface area contributed by atoms with E-state index in [0.717, 1.165) is 11.1 Å². The molecule has 2 heterocycles. The Bertz CT molecular complexity index is 1260. The maximum atomic E-state index is 14.5. The highest BCUT2D eigenvalue weighted by atomic mass is 35.5. The minimum Gasteiger partial charge on any atom is -0.480 e. The Kier molecular flexibility index (Phi) is 7.27. The van der Waals surface area contributed by atoms with Crippen LogP contribution in [-0.2, 0) is 22.4 Å². The molecule has 6 nitrogen and oxygen atoms in total. The Labute approximate surface area is 199 Å². The summed E-state index contributed by atoms with van der Waals surface area (Å²) < 4.78 is 40.0. The number of ether oxygens (including phenoxy) is 2. The van der Waals surface area contributed by atoms with Crippen LogP contribution in [0.15, 0.2) is 65.7 Å². The third-order valence-corrected chi connectivity index (χ3v) is 5.52. The van der Waals surface area contributed by atoms with Crippen molar-refractivity contribution in [1.29, 1.82) is 0 Å². The third-order valence-electron chi connectivity index (χ3n) is 5.10. The van der Waals surface area contributed by atoms with Gasteiger partial charge in [0.1, 0.15) is 12.1 Å². The quantitative estimate of drug-likeness (QED) is 0.439. The molecule has 4 rings (SSSR count). The highest BCUT2D eigenvalue weighted by Crippen LogP contribution is 2.31. The van der Waals surface area contributed by atoms with Gasteiger partial charge in [-0.05, 0) is 53.9 Å². The summed E-state index contributed by atoms with van der Waals surface area (Å²) in [4.78, 5) is 24.1. The van der Waals surface area contributed by atoms with Crippen LogP contribution in [0, 0.1) is 18.6 Å². The van der Waals surface area contributed by atoms with E-state index >= 15 is 0 Å². The second-order valence-corrected chi connectivity index (χ2v) is 8.07. The molecule has 1 aromatic heterocycles. The molecule has 0 radical (unpaired) electrons. The Hall–Kier alpha value is -3.65. The molecule has 0 N–H and O–H groups in total. The van der Waals surface area contributed by atoms with E-state index in [9.17, 15) is 13.6 Å². The highest BCUT2D eigenvalue weighted by molar-refractivity contribution is 6.31. The van der Waals surface area contributed by atoms with E-state index in [1.807, 2.05) is 0 Å². The SMILES string of the molecule is Cc1cc(Oc2c(F)cc(CCOC3=NC(=O)C(Cc4cncnc4)=CC3)cc2F)ccc1Cl. The fraction of sp³-hybridized carbons (Fsp3) is 0.200. The molecule has 0 bridgehead atoms. The molecule has 0 saturated carbocycles. The van der Waals surface area contributed by atoms with Crippen LogP contribution >= 0.6 is 11.6 Å². The largest absolute Gasteiger partial charge is 0.480 e. The highest BCUT2D eigenvalue weighted by Gasteiger charge is 2.18. The van der Waals surface area contributed by atoms with Crippen molar-refractivity contribution < 1.29 is 23.0 Å². The smallest absolute Gasteiger partial charge is 0.275 e. The van der Waals surface area contributed by atoms with Crippen molar-refractivity contribution in [3.05, 3.63) is 94.0 Å². The molecular weight excluding hydrogens is 464 g/mol. The average molecular weight is 484 g/mol. The minimum absolute atomic E-state index is 0.108. The summed E-state index contributed by atoms with van der Waals surface area (Å²) in [6, 6.07) is 7.12.